The van der Waals surface area contributed by atoms with Crippen LogP contribution in [0.1, 0.15) is 45.4 Å². The molecule has 1 heterocycles. The molecule has 4 bridgehead atoms. The highest BCUT2D eigenvalue weighted by Gasteiger charge is 2.53. The van der Waals surface area contributed by atoms with Crippen LogP contribution in [0.5, 0.6) is 0 Å². The summed E-state index contributed by atoms with van der Waals surface area (Å²) in [6, 6.07) is 6.45. The van der Waals surface area contributed by atoms with E-state index in [2.05, 4.69) is 17.3 Å². The molecule has 8 heteroatoms. The fraction of sp³-hybridized carbons (Fsp3) is 0.583. The Bertz CT molecular complexity index is 1140. The van der Waals surface area contributed by atoms with Crippen molar-refractivity contribution in [2.24, 2.45) is 23.2 Å². The zero-order valence-electron chi connectivity index (χ0n) is 18.3. The Morgan fingerprint density at radius 3 is 2.31 bits per heavy atom. The number of rotatable bonds is 6. The monoisotopic (exact) mass is 439 g/mol. The lowest BCUT2D eigenvalue weighted by Gasteiger charge is -2.59. The molecule has 32 heavy (non-hydrogen) atoms. The van der Waals surface area contributed by atoms with Crippen molar-refractivity contribution in [2.75, 3.05) is 6.61 Å². The zero-order chi connectivity index (χ0) is 22.5. The van der Waals surface area contributed by atoms with E-state index in [4.69, 9.17) is 4.74 Å². The minimum absolute atomic E-state index is 0.0431. The van der Waals surface area contributed by atoms with Crippen molar-refractivity contribution in [1.29, 1.82) is 0 Å². The maximum atomic E-state index is 12.5. The van der Waals surface area contributed by atoms with E-state index >= 15 is 0 Å². The number of H-pyrrole nitrogens is 1. The molecule has 1 amide bonds. The van der Waals surface area contributed by atoms with E-state index in [0.717, 1.165) is 22.4 Å². The summed E-state index contributed by atoms with van der Waals surface area (Å²) in [5.74, 6) is 1.29. The molecule has 0 spiro atoms. The SMILES string of the molecule is CC(NC(=O)COC(=O)Cn1[nH]c(=O)c2ccccc2c1=O)C12CC3CC(CC(C3)C1)C2. The normalized spacial score (nSPS) is 29.1. The molecular weight excluding hydrogens is 410 g/mol. The van der Waals surface area contributed by atoms with Crippen LogP contribution in [-0.2, 0) is 20.9 Å². The summed E-state index contributed by atoms with van der Waals surface area (Å²) < 4.78 is 6.02. The third kappa shape index (κ3) is 3.76. The average Bonchev–Trinajstić information content (AvgIpc) is 2.75. The maximum Gasteiger partial charge on any atom is 0.328 e. The molecule has 0 radical (unpaired) electrons. The van der Waals surface area contributed by atoms with Gasteiger partial charge in [-0.25, -0.2) is 4.68 Å². The van der Waals surface area contributed by atoms with Gasteiger partial charge < -0.3 is 10.1 Å². The van der Waals surface area contributed by atoms with E-state index in [9.17, 15) is 19.2 Å². The summed E-state index contributed by atoms with van der Waals surface area (Å²) in [6.07, 6.45) is 7.56. The molecule has 4 fully saturated rings. The van der Waals surface area contributed by atoms with Crippen LogP contribution in [0.2, 0.25) is 0 Å². The number of benzene rings is 1. The summed E-state index contributed by atoms with van der Waals surface area (Å²) in [6.45, 7) is 1.21. The van der Waals surface area contributed by atoms with Crippen LogP contribution < -0.4 is 16.4 Å². The highest BCUT2D eigenvalue weighted by atomic mass is 16.5. The number of aromatic amines is 1. The van der Waals surface area contributed by atoms with E-state index in [-0.39, 0.29) is 28.1 Å². The van der Waals surface area contributed by atoms with Crippen molar-refractivity contribution in [3.63, 3.8) is 0 Å². The molecule has 1 aromatic carbocycles. The van der Waals surface area contributed by atoms with E-state index < -0.39 is 30.2 Å². The van der Waals surface area contributed by atoms with Crippen LogP contribution >= 0.6 is 0 Å². The number of nitrogens with one attached hydrogen (secondary N) is 2. The molecule has 4 saturated carbocycles. The number of carbonyl (C=O) groups excluding carboxylic acids is 2. The van der Waals surface area contributed by atoms with Gasteiger partial charge in [0.15, 0.2) is 6.61 Å². The van der Waals surface area contributed by atoms with Crippen molar-refractivity contribution in [3.05, 3.63) is 45.0 Å². The molecule has 8 nitrogen and oxygen atoms in total. The maximum absolute atomic E-state index is 12.5. The molecule has 1 aromatic heterocycles. The second-order valence-corrected chi connectivity index (χ2v) is 10.1. The van der Waals surface area contributed by atoms with Crippen molar-refractivity contribution >= 4 is 22.6 Å². The minimum Gasteiger partial charge on any atom is -0.454 e. The molecular formula is C24H29N3O5. The van der Waals surface area contributed by atoms with Crippen molar-refractivity contribution in [3.8, 4) is 0 Å². The third-order valence-corrected chi connectivity index (χ3v) is 7.92. The van der Waals surface area contributed by atoms with Gasteiger partial charge in [0.2, 0.25) is 0 Å². The molecule has 1 unspecified atom stereocenters. The molecule has 2 aromatic rings. The first-order valence-corrected chi connectivity index (χ1v) is 11.5. The van der Waals surface area contributed by atoms with Gasteiger partial charge in [-0.3, -0.25) is 24.3 Å². The molecule has 170 valence electrons. The first kappa shape index (κ1) is 21.0. The van der Waals surface area contributed by atoms with Gasteiger partial charge in [0, 0.05) is 6.04 Å². The fourth-order valence-electron chi connectivity index (χ4n) is 6.82. The predicted octanol–water partition coefficient (Wildman–Crippen LogP) is 1.95. The average molecular weight is 440 g/mol. The highest BCUT2D eigenvalue weighted by molar-refractivity contribution is 5.82. The van der Waals surface area contributed by atoms with Crippen LogP contribution in [-0.4, -0.2) is 34.3 Å². The standard InChI is InChI=1S/C24H29N3O5/c1-14(24-9-15-6-16(10-24)8-17(7-15)11-24)25-20(28)13-32-21(29)12-27-23(31)19-5-3-2-4-18(19)22(30)26-27/h2-5,14-17H,6-13H2,1H3,(H,25,28)(H,26,30). The van der Waals surface area contributed by atoms with Gasteiger partial charge in [-0.15, -0.1) is 0 Å². The van der Waals surface area contributed by atoms with Gasteiger partial charge in [-0.2, -0.15) is 0 Å². The smallest absolute Gasteiger partial charge is 0.328 e. The lowest BCUT2D eigenvalue weighted by Crippen LogP contribution is -2.56. The Morgan fingerprint density at radius 1 is 1.09 bits per heavy atom. The number of fused-ring (bicyclic) bond motifs is 1. The Kier molecular flexibility index (Phi) is 5.18. The van der Waals surface area contributed by atoms with E-state index in [1.54, 1.807) is 18.2 Å². The molecule has 4 aliphatic rings. The number of aromatic nitrogens is 2. The molecule has 4 aliphatic carbocycles. The Hall–Kier alpha value is -2.90. The molecule has 0 aliphatic heterocycles. The Labute approximate surface area is 185 Å². The molecule has 1 atom stereocenters. The summed E-state index contributed by atoms with van der Waals surface area (Å²) in [5.41, 5.74) is -0.779. The number of hydrogen-bond acceptors (Lipinski definition) is 5. The zero-order valence-corrected chi connectivity index (χ0v) is 18.3. The van der Waals surface area contributed by atoms with Gasteiger partial charge in [-0.05, 0) is 80.8 Å². The first-order valence-electron chi connectivity index (χ1n) is 11.5. The molecule has 6 rings (SSSR count). The summed E-state index contributed by atoms with van der Waals surface area (Å²) in [5, 5.41) is 5.94. The third-order valence-electron chi connectivity index (χ3n) is 7.92. The summed E-state index contributed by atoms with van der Waals surface area (Å²) in [4.78, 5) is 49.4. The number of esters is 1. The predicted molar refractivity (Wildman–Crippen MR) is 118 cm³/mol. The fourth-order valence-corrected chi connectivity index (χ4v) is 6.82. The van der Waals surface area contributed by atoms with Crippen molar-refractivity contribution < 1.29 is 14.3 Å². The van der Waals surface area contributed by atoms with Crippen molar-refractivity contribution in [1.82, 2.24) is 15.1 Å². The summed E-state index contributed by atoms with van der Waals surface area (Å²) in [7, 11) is 0. The quantitative estimate of drug-likeness (QED) is 0.669. The number of carbonyl (C=O) groups is 2. The number of nitrogens with zero attached hydrogens (tertiary/aromatic N) is 1. The molecule has 0 saturated heterocycles. The number of hydrogen-bond donors (Lipinski definition) is 2. The second-order valence-electron chi connectivity index (χ2n) is 10.1. The largest absolute Gasteiger partial charge is 0.454 e. The Morgan fingerprint density at radius 2 is 1.69 bits per heavy atom. The van der Waals surface area contributed by atoms with Gasteiger partial charge in [0.25, 0.3) is 17.0 Å². The van der Waals surface area contributed by atoms with Gasteiger partial charge >= 0.3 is 5.97 Å². The Balaban J connectivity index is 1.18. The summed E-state index contributed by atoms with van der Waals surface area (Å²) >= 11 is 0. The minimum atomic E-state index is -0.754. The van der Waals surface area contributed by atoms with Crippen LogP contribution in [0.15, 0.2) is 33.9 Å². The van der Waals surface area contributed by atoms with E-state index in [0.29, 0.717) is 0 Å². The van der Waals surface area contributed by atoms with E-state index in [1.165, 1.54) is 44.6 Å². The van der Waals surface area contributed by atoms with Gasteiger partial charge in [0.05, 0.1) is 10.8 Å². The van der Waals surface area contributed by atoms with Crippen LogP contribution in [0.25, 0.3) is 10.8 Å². The number of ether oxygens (including phenoxy) is 1. The molecule has 2 N–H and O–H groups in total. The van der Waals surface area contributed by atoms with Crippen LogP contribution in [0.4, 0.5) is 0 Å². The van der Waals surface area contributed by atoms with Gasteiger partial charge in [-0.1, -0.05) is 12.1 Å². The lowest BCUT2D eigenvalue weighted by molar-refractivity contribution is -0.150. The first-order chi connectivity index (χ1) is 15.3. The van der Waals surface area contributed by atoms with E-state index in [1.807, 2.05) is 0 Å². The van der Waals surface area contributed by atoms with Crippen LogP contribution in [0, 0.1) is 23.2 Å². The number of amides is 1. The second kappa shape index (κ2) is 7.90. The highest BCUT2D eigenvalue weighted by Crippen LogP contribution is 2.61. The lowest BCUT2D eigenvalue weighted by atomic mass is 9.48. The topological polar surface area (TPSA) is 110 Å². The van der Waals surface area contributed by atoms with Crippen molar-refractivity contribution in [2.45, 2.75) is 58.0 Å². The van der Waals surface area contributed by atoms with Crippen LogP contribution in [0.3, 0.4) is 0 Å². The van der Waals surface area contributed by atoms with Gasteiger partial charge in [0.1, 0.15) is 6.54 Å².